The van der Waals surface area contributed by atoms with Gasteiger partial charge in [-0.3, -0.25) is 14.6 Å². The summed E-state index contributed by atoms with van der Waals surface area (Å²) < 4.78 is 6.21. The van der Waals surface area contributed by atoms with Crippen LogP contribution in [0, 0.1) is 5.92 Å². The molecule has 1 aromatic heterocycles. The van der Waals surface area contributed by atoms with Gasteiger partial charge in [0, 0.05) is 45.1 Å². The summed E-state index contributed by atoms with van der Waals surface area (Å²) in [6, 6.07) is 13.8. The van der Waals surface area contributed by atoms with E-state index in [1.54, 1.807) is 12.4 Å². The molecule has 2 aromatic rings. The van der Waals surface area contributed by atoms with E-state index in [4.69, 9.17) is 4.74 Å². The molecule has 31 heavy (non-hydrogen) atoms. The quantitative estimate of drug-likeness (QED) is 0.778. The molecule has 2 saturated heterocycles. The predicted octanol–water partition coefficient (Wildman–Crippen LogP) is 3.12. The molecule has 4 rings (SSSR count). The van der Waals surface area contributed by atoms with Gasteiger partial charge in [0.05, 0.1) is 12.0 Å². The maximum atomic E-state index is 12.6. The monoisotopic (exact) mass is 421 g/mol. The molecule has 0 saturated carbocycles. The molecule has 6 heteroatoms. The summed E-state index contributed by atoms with van der Waals surface area (Å²) in [5, 5.41) is 3.05. The maximum Gasteiger partial charge on any atom is 0.227 e. The third-order valence-corrected chi connectivity index (χ3v) is 6.51. The van der Waals surface area contributed by atoms with Gasteiger partial charge in [0.1, 0.15) is 0 Å². The fraction of sp³-hybridized carbons (Fsp3) is 0.480. The molecule has 2 aliphatic heterocycles. The van der Waals surface area contributed by atoms with Crippen molar-refractivity contribution in [2.45, 2.75) is 50.7 Å². The van der Waals surface area contributed by atoms with Crippen molar-refractivity contribution in [1.82, 2.24) is 15.2 Å². The fourth-order valence-corrected chi connectivity index (χ4v) is 4.74. The van der Waals surface area contributed by atoms with Gasteiger partial charge in [-0.05, 0) is 48.8 Å². The van der Waals surface area contributed by atoms with Gasteiger partial charge in [0.2, 0.25) is 11.8 Å². The molecule has 1 aromatic carbocycles. The predicted molar refractivity (Wildman–Crippen MR) is 118 cm³/mol. The van der Waals surface area contributed by atoms with Gasteiger partial charge in [-0.2, -0.15) is 0 Å². The van der Waals surface area contributed by atoms with E-state index in [1.165, 1.54) is 0 Å². The van der Waals surface area contributed by atoms with Crippen LogP contribution in [-0.2, 0) is 27.3 Å². The number of amides is 2. The first kappa shape index (κ1) is 21.5. The smallest absolute Gasteiger partial charge is 0.227 e. The van der Waals surface area contributed by atoms with E-state index in [1.807, 2.05) is 47.4 Å². The minimum absolute atomic E-state index is 0.106. The molecule has 2 fully saturated rings. The van der Waals surface area contributed by atoms with Crippen LogP contribution in [-0.4, -0.2) is 47.0 Å². The number of hydrogen-bond donors (Lipinski definition) is 1. The highest BCUT2D eigenvalue weighted by molar-refractivity contribution is 5.78. The van der Waals surface area contributed by atoms with Crippen LogP contribution in [0.1, 0.15) is 43.2 Å². The van der Waals surface area contributed by atoms with Gasteiger partial charge < -0.3 is 15.0 Å². The summed E-state index contributed by atoms with van der Waals surface area (Å²) >= 11 is 0. The second kappa shape index (κ2) is 10.1. The molecule has 2 amide bonds. The molecular formula is C25H31N3O3. The molecule has 1 N–H and O–H groups in total. The van der Waals surface area contributed by atoms with Gasteiger partial charge in [-0.1, -0.05) is 36.4 Å². The number of likely N-dealkylation sites (tertiary alicyclic amines) is 1. The largest absolute Gasteiger partial charge is 0.375 e. The molecule has 0 radical (unpaired) electrons. The number of ether oxygens (including phenoxy) is 1. The van der Waals surface area contributed by atoms with Crippen LogP contribution in [0.15, 0.2) is 54.9 Å². The molecule has 0 bridgehead atoms. The number of aromatic nitrogens is 1. The Bertz CT molecular complexity index is 864. The van der Waals surface area contributed by atoms with E-state index in [2.05, 4.69) is 10.3 Å². The Morgan fingerprint density at radius 3 is 2.61 bits per heavy atom. The van der Waals surface area contributed by atoms with Gasteiger partial charge in [-0.25, -0.2) is 0 Å². The van der Waals surface area contributed by atoms with Crippen molar-refractivity contribution in [2.24, 2.45) is 5.92 Å². The van der Waals surface area contributed by atoms with Crippen LogP contribution < -0.4 is 5.32 Å². The second-order valence-electron chi connectivity index (χ2n) is 8.78. The van der Waals surface area contributed by atoms with Crippen molar-refractivity contribution in [3.05, 3.63) is 66.0 Å². The van der Waals surface area contributed by atoms with Crippen LogP contribution in [0.4, 0.5) is 0 Å². The molecule has 0 aliphatic carbocycles. The molecule has 2 aliphatic rings. The van der Waals surface area contributed by atoms with Crippen LogP contribution in [0.5, 0.6) is 0 Å². The minimum Gasteiger partial charge on any atom is -0.375 e. The van der Waals surface area contributed by atoms with Crippen LogP contribution in [0.2, 0.25) is 0 Å². The highest BCUT2D eigenvalue weighted by atomic mass is 16.5. The Kier molecular flexibility index (Phi) is 6.97. The lowest BCUT2D eigenvalue weighted by molar-refractivity contribution is -0.148. The van der Waals surface area contributed by atoms with E-state index in [0.717, 1.165) is 36.8 Å². The number of nitrogens with zero attached hydrogens (tertiary/aromatic N) is 2. The minimum atomic E-state index is -0.187. The summed E-state index contributed by atoms with van der Waals surface area (Å²) in [5.74, 6) is 0.590. The summed E-state index contributed by atoms with van der Waals surface area (Å²) in [5.41, 5.74) is 1.87. The molecule has 1 unspecified atom stereocenters. The summed E-state index contributed by atoms with van der Waals surface area (Å²) in [6.07, 6.45) is 7.91. The fourth-order valence-electron chi connectivity index (χ4n) is 4.74. The third kappa shape index (κ3) is 5.91. The van der Waals surface area contributed by atoms with Crippen LogP contribution >= 0.6 is 0 Å². The lowest BCUT2D eigenvalue weighted by atomic mass is 9.78. The van der Waals surface area contributed by atoms with E-state index in [0.29, 0.717) is 45.0 Å². The number of carbonyl (C=O) groups excluding carboxylic acids is 2. The summed E-state index contributed by atoms with van der Waals surface area (Å²) in [7, 11) is 0. The van der Waals surface area contributed by atoms with Crippen molar-refractivity contribution >= 4 is 11.8 Å². The Morgan fingerprint density at radius 2 is 1.87 bits per heavy atom. The maximum absolute atomic E-state index is 12.6. The first-order valence-electron chi connectivity index (χ1n) is 11.2. The van der Waals surface area contributed by atoms with E-state index in [9.17, 15) is 9.59 Å². The first-order valence-corrected chi connectivity index (χ1v) is 11.2. The Morgan fingerprint density at radius 1 is 1.10 bits per heavy atom. The van der Waals surface area contributed by atoms with E-state index >= 15 is 0 Å². The summed E-state index contributed by atoms with van der Waals surface area (Å²) in [6.45, 7) is 2.69. The number of carbonyl (C=O) groups is 2. The number of hydrogen-bond acceptors (Lipinski definition) is 4. The summed E-state index contributed by atoms with van der Waals surface area (Å²) in [4.78, 5) is 31.1. The number of piperidine rings is 1. The highest BCUT2D eigenvalue weighted by Gasteiger charge is 2.41. The number of nitrogens with one attached hydrogen (secondary N) is 1. The number of benzene rings is 1. The Balaban J connectivity index is 1.24. The number of rotatable bonds is 6. The Hall–Kier alpha value is -2.73. The zero-order valence-corrected chi connectivity index (χ0v) is 18.0. The first-order chi connectivity index (χ1) is 15.1. The van der Waals surface area contributed by atoms with Crippen molar-refractivity contribution in [3.8, 4) is 0 Å². The van der Waals surface area contributed by atoms with Gasteiger partial charge in [-0.15, -0.1) is 0 Å². The third-order valence-electron chi connectivity index (χ3n) is 6.51. The van der Waals surface area contributed by atoms with Crippen molar-refractivity contribution in [3.63, 3.8) is 0 Å². The number of pyridine rings is 1. The average molecular weight is 422 g/mol. The van der Waals surface area contributed by atoms with Gasteiger partial charge >= 0.3 is 0 Å². The standard InChI is InChI=1S/C25H31N3O3/c29-23(27-19-20-5-2-1-3-6-20)15-21-8-14-31-25(17-21)9-12-28(13-10-25)24(30)16-22-7-4-11-26-18-22/h1-7,11,18,21H,8-10,12-17,19H2,(H,27,29). The lowest BCUT2D eigenvalue weighted by Crippen LogP contribution is -2.51. The normalized spacial score (nSPS) is 20.4. The highest BCUT2D eigenvalue weighted by Crippen LogP contribution is 2.38. The molecule has 1 spiro atoms. The molecule has 164 valence electrons. The molecule has 1 atom stereocenters. The Labute approximate surface area is 184 Å². The molecular weight excluding hydrogens is 390 g/mol. The lowest BCUT2D eigenvalue weighted by Gasteiger charge is -2.46. The second-order valence-corrected chi connectivity index (χ2v) is 8.78. The van der Waals surface area contributed by atoms with Crippen molar-refractivity contribution < 1.29 is 14.3 Å². The molecule has 3 heterocycles. The van der Waals surface area contributed by atoms with E-state index in [-0.39, 0.29) is 17.4 Å². The van der Waals surface area contributed by atoms with Crippen LogP contribution in [0.25, 0.3) is 0 Å². The van der Waals surface area contributed by atoms with Gasteiger partial charge in [0.15, 0.2) is 0 Å². The topological polar surface area (TPSA) is 71.5 Å². The zero-order chi connectivity index (χ0) is 21.5. The van der Waals surface area contributed by atoms with Crippen molar-refractivity contribution in [1.29, 1.82) is 0 Å². The molecule has 6 nitrogen and oxygen atoms in total. The average Bonchev–Trinajstić information content (AvgIpc) is 2.80. The zero-order valence-electron chi connectivity index (χ0n) is 18.0. The SMILES string of the molecule is O=C(CC1CCOC2(CCN(C(=O)Cc3cccnc3)CC2)C1)NCc1ccccc1. The van der Waals surface area contributed by atoms with Crippen molar-refractivity contribution in [2.75, 3.05) is 19.7 Å². The van der Waals surface area contributed by atoms with Crippen LogP contribution in [0.3, 0.4) is 0 Å². The van der Waals surface area contributed by atoms with E-state index < -0.39 is 0 Å². The van der Waals surface area contributed by atoms with Gasteiger partial charge in [0.25, 0.3) is 0 Å².